The maximum atomic E-state index is 13.7. The number of rotatable bonds is 13. The minimum atomic E-state index is -4.47. The summed E-state index contributed by atoms with van der Waals surface area (Å²) in [5, 5.41) is 13.4. The molecule has 1 unspecified atom stereocenters. The molecule has 1 aliphatic heterocycles. The first-order chi connectivity index (χ1) is 31.2. The minimum absolute atomic E-state index is 0.129. The molecule has 0 radical (unpaired) electrons. The smallest absolute Gasteiger partial charge is 0.319 e. The summed E-state index contributed by atoms with van der Waals surface area (Å²) in [5.74, 6) is -1.96. The number of amides is 1. The molecule has 1 aromatic heterocycles. The summed E-state index contributed by atoms with van der Waals surface area (Å²) in [5.41, 5.74) is 3.32. The lowest BCUT2D eigenvalue weighted by atomic mass is 9.71. The fourth-order valence-corrected chi connectivity index (χ4v) is 10.8. The van der Waals surface area contributed by atoms with Crippen LogP contribution in [-0.4, -0.2) is 62.4 Å². The van der Waals surface area contributed by atoms with Crippen molar-refractivity contribution in [2.24, 2.45) is 5.41 Å². The molecule has 0 saturated heterocycles. The fourth-order valence-electron chi connectivity index (χ4n) is 7.29. The number of hydrogen-bond acceptors (Lipinski definition) is 9. The maximum Gasteiger partial charge on any atom is 0.319 e. The molecular weight excluding hydrogens is 943 g/mol. The molecule has 5 aromatic rings. The van der Waals surface area contributed by atoms with E-state index in [4.69, 9.17) is 0 Å². The number of carboxylic acids is 1. The van der Waals surface area contributed by atoms with E-state index in [1.165, 1.54) is 83.8 Å². The van der Waals surface area contributed by atoms with Crippen molar-refractivity contribution in [1.29, 1.82) is 0 Å². The van der Waals surface area contributed by atoms with Gasteiger partial charge in [-0.05, 0) is 125 Å². The molecule has 0 saturated carbocycles. The summed E-state index contributed by atoms with van der Waals surface area (Å²) in [6, 6.07) is 30.4. The van der Waals surface area contributed by atoms with E-state index >= 15 is 0 Å². The van der Waals surface area contributed by atoms with Crippen molar-refractivity contribution in [3.05, 3.63) is 184 Å². The van der Waals surface area contributed by atoms with Gasteiger partial charge in [-0.2, -0.15) is 25.3 Å². The molecule has 4 aromatic carbocycles. The van der Waals surface area contributed by atoms with Gasteiger partial charge in [0, 0.05) is 40.1 Å². The second-order valence-corrected chi connectivity index (χ2v) is 21.6. The number of carbonyl (C=O) groups excluding carboxylic acids is 1. The Hall–Kier alpha value is -6.09. The number of benzene rings is 4. The van der Waals surface area contributed by atoms with Crippen molar-refractivity contribution in [2.75, 3.05) is 6.54 Å². The van der Waals surface area contributed by atoms with Crippen LogP contribution in [0, 0.1) is 5.41 Å². The molecule has 0 bridgehead atoms. The molecule has 1 amide bonds. The molecule has 18 heteroatoms. The van der Waals surface area contributed by atoms with E-state index in [1.54, 1.807) is 37.3 Å². The van der Waals surface area contributed by atoms with Crippen LogP contribution in [0.3, 0.4) is 0 Å². The SMILES string of the molecule is CCNC(=O)C1(C(=O)O)CC(/C=C/c2cc(-c3ccc(S(=O)(=O)O)cc3)cc(-c3ccccc3)[s+]2)=CC(=C/C=C2\C=C(c3ccc(S(=O)(=O)O)cc3)C=C(c3ccc(S(=O)(=O)O)cc3)S2)/C1. The molecule has 5 N–H and O–H groups in total. The molecule has 66 heavy (non-hydrogen) atoms. The van der Waals surface area contributed by atoms with Crippen LogP contribution in [0.4, 0.5) is 0 Å². The first kappa shape index (κ1) is 47.9. The van der Waals surface area contributed by atoms with Crippen molar-refractivity contribution in [3.63, 3.8) is 0 Å². The summed E-state index contributed by atoms with van der Waals surface area (Å²) in [4.78, 5) is 29.0. The van der Waals surface area contributed by atoms with Gasteiger partial charge in [-0.1, -0.05) is 84.6 Å². The number of aliphatic carboxylic acids is 1. The van der Waals surface area contributed by atoms with Crippen molar-refractivity contribution < 1.29 is 53.6 Å². The predicted octanol–water partition coefficient (Wildman–Crippen LogP) is 9.73. The molecule has 0 fully saturated rings. The highest BCUT2D eigenvalue weighted by molar-refractivity contribution is 8.12. The second-order valence-electron chi connectivity index (χ2n) is 15.2. The van der Waals surface area contributed by atoms with Crippen molar-refractivity contribution >= 4 is 81.9 Å². The van der Waals surface area contributed by atoms with Crippen LogP contribution < -0.4 is 5.32 Å². The predicted molar refractivity (Wildman–Crippen MR) is 257 cm³/mol. The van der Waals surface area contributed by atoms with Gasteiger partial charge in [0.05, 0.1) is 14.7 Å². The first-order valence-electron chi connectivity index (χ1n) is 19.9. The standard InChI is InChI=1S/C48H39NO12S5/c1-2-49-46(50)48(47(51)52)29-31(8-16-39-25-37(27-44(62-39)35-6-4-3-5-7-35)33-10-18-41(19-11-33)64(53,54)55)24-32(30-48)9-17-40-26-38(34-12-20-42(21-13-34)65(56,57)58)28-45(63-40)36-14-22-43(23-15-36)66(59,60)61/h3-28H,2,29-30H2,1H3,(H4-,49,50,51,52,53,54,55,56,57,58,59,60,61)/p+1. The highest BCUT2D eigenvalue weighted by Crippen LogP contribution is 2.44. The average molecular weight is 983 g/mol. The first-order valence-corrected chi connectivity index (χ1v) is 25.9. The van der Waals surface area contributed by atoms with Gasteiger partial charge in [-0.3, -0.25) is 23.2 Å². The van der Waals surface area contributed by atoms with Gasteiger partial charge >= 0.3 is 5.97 Å². The number of allylic oxidation sites excluding steroid dienone is 9. The van der Waals surface area contributed by atoms with Crippen LogP contribution in [0.1, 0.15) is 35.8 Å². The van der Waals surface area contributed by atoms with Crippen LogP contribution in [0.5, 0.6) is 0 Å². The van der Waals surface area contributed by atoms with Gasteiger partial charge in [0.2, 0.25) is 27.0 Å². The highest BCUT2D eigenvalue weighted by Gasteiger charge is 2.48. The number of nitrogens with one attached hydrogen (secondary N) is 1. The zero-order valence-electron chi connectivity index (χ0n) is 34.7. The number of thioether (sulfide) groups is 1. The van der Waals surface area contributed by atoms with E-state index in [1.807, 2.05) is 66.8 Å². The molecule has 13 nitrogen and oxygen atoms in total. The van der Waals surface area contributed by atoms with E-state index in [2.05, 4.69) is 5.32 Å². The van der Waals surface area contributed by atoms with Gasteiger partial charge < -0.3 is 10.4 Å². The van der Waals surface area contributed by atoms with Gasteiger partial charge in [0.15, 0.2) is 5.41 Å². The number of carbonyl (C=O) groups is 2. The van der Waals surface area contributed by atoms with Gasteiger partial charge in [-0.15, -0.1) is 0 Å². The summed E-state index contributed by atoms with van der Waals surface area (Å²) in [6.45, 7) is 1.90. The Morgan fingerprint density at radius 1 is 0.652 bits per heavy atom. The maximum absolute atomic E-state index is 13.7. The fraction of sp³-hybridized carbons (Fsp3) is 0.104. The van der Waals surface area contributed by atoms with Gasteiger partial charge in [-0.25, -0.2) is 0 Å². The Balaban J connectivity index is 1.31. The lowest BCUT2D eigenvalue weighted by molar-refractivity contribution is -0.156. The zero-order valence-corrected chi connectivity index (χ0v) is 38.8. The van der Waals surface area contributed by atoms with E-state index in [-0.39, 0.29) is 34.1 Å². The lowest BCUT2D eigenvalue weighted by Crippen LogP contribution is -2.48. The van der Waals surface area contributed by atoms with E-state index in [0.29, 0.717) is 43.2 Å². The molecule has 1 aliphatic carbocycles. The molecule has 2 heterocycles. The summed E-state index contributed by atoms with van der Waals surface area (Å²) >= 11 is 2.77. The van der Waals surface area contributed by atoms with E-state index in [9.17, 15) is 53.6 Å². The van der Waals surface area contributed by atoms with E-state index < -0.39 is 47.6 Å². The molecule has 7 rings (SSSR count). The second kappa shape index (κ2) is 19.4. The lowest BCUT2D eigenvalue weighted by Gasteiger charge is -2.32. The van der Waals surface area contributed by atoms with Crippen LogP contribution in [0.15, 0.2) is 182 Å². The Bertz CT molecular complexity index is 3270. The number of carboxylic acid groups (broad SMARTS) is 1. The van der Waals surface area contributed by atoms with Crippen LogP contribution in [-0.2, 0) is 39.9 Å². The molecule has 0 spiro atoms. The normalized spacial score (nSPS) is 18.2. The topological polar surface area (TPSA) is 230 Å². The molecule has 2 aliphatic rings. The summed E-state index contributed by atoms with van der Waals surface area (Å²) in [6.07, 6.45) is 12.2. The monoisotopic (exact) mass is 982 g/mol. The van der Waals surface area contributed by atoms with Gasteiger partial charge in [0.25, 0.3) is 30.4 Å². The Labute approximate surface area is 390 Å². The average Bonchev–Trinajstić information content (AvgIpc) is 3.29. The molecule has 1 atom stereocenters. The van der Waals surface area contributed by atoms with Crippen LogP contribution >= 0.6 is 23.1 Å². The third kappa shape index (κ3) is 11.3. The summed E-state index contributed by atoms with van der Waals surface area (Å²) < 4.78 is 99.2. The quantitative estimate of drug-likeness (QED) is 0.0421. The van der Waals surface area contributed by atoms with E-state index in [0.717, 1.165) is 20.9 Å². The summed E-state index contributed by atoms with van der Waals surface area (Å²) in [7, 11) is -13.3. The van der Waals surface area contributed by atoms with Gasteiger partial charge in [0.1, 0.15) is 0 Å². The molecular formula is C48H40NO12S5+. The largest absolute Gasteiger partial charge is 0.480 e. The Kier molecular flexibility index (Phi) is 14.1. The Morgan fingerprint density at radius 2 is 1.21 bits per heavy atom. The highest BCUT2D eigenvalue weighted by atomic mass is 32.2. The molecule has 338 valence electrons. The van der Waals surface area contributed by atoms with Crippen molar-refractivity contribution in [3.8, 4) is 21.6 Å². The van der Waals surface area contributed by atoms with Crippen LogP contribution in [0.2, 0.25) is 0 Å². The van der Waals surface area contributed by atoms with Crippen molar-refractivity contribution in [2.45, 2.75) is 34.5 Å². The zero-order chi connectivity index (χ0) is 47.4. The minimum Gasteiger partial charge on any atom is -0.480 e. The number of hydrogen-bond donors (Lipinski definition) is 5. The van der Waals surface area contributed by atoms with Crippen LogP contribution in [0.25, 0.3) is 38.1 Å². The third-order valence-corrected chi connectivity index (χ3v) is 15.3. The van der Waals surface area contributed by atoms with Crippen molar-refractivity contribution in [1.82, 2.24) is 5.32 Å². The Morgan fingerprint density at radius 3 is 1.76 bits per heavy atom. The third-order valence-electron chi connectivity index (χ3n) is 10.6.